The van der Waals surface area contributed by atoms with Gasteiger partial charge in [-0.25, -0.2) is 4.79 Å². The van der Waals surface area contributed by atoms with Crippen LogP contribution in [-0.2, 0) is 16.0 Å². The molecule has 0 N–H and O–H groups in total. The molecule has 0 radical (unpaired) electrons. The Bertz CT molecular complexity index is 296. The van der Waals surface area contributed by atoms with Crippen molar-refractivity contribution in [3.63, 3.8) is 0 Å². The molecule has 0 bridgehead atoms. The largest absolute Gasteiger partial charge is 0.469 e. The van der Waals surface area contributed by atoms with E-state index in [9.17, 15) is 4.79 Å². The topological polar surface area (TPSA) is 39.4 Å². The monoisotopic (exact) mass is 178 g/mol. The molecule has 3 nitrogen and oxygen atoms in total. The summed E-state index contributed by atoms with van der Waals surface area (Å²) in [6.45, 7) is 3.26. The van der Waals surface area contributed by atoms with Gasteiger partial charge in [0.05, 0.1) is 12.5 Å². The van der Waals surface area contributed by atoms with Crippen LogP contribution in [0.15, 0.2) is 47.8 Å². The second kappa shape index (κ2) is 4.98. The number of ether oxygens (including phenoxy) is 1. The predicted molar refractivity (Wildman–Crippen MR) is 47.8 cm³/mol. The molecule has 0 saturated carbocycles. The van der Waals surface area contributed by atoms with Crippen molar-refractivity contribution in [3.8, 4) is 0 Å². The molecule has 0 aromatic carbocycles. The minimum Gasteiger partial charge on any atom is -0.469 e. The first-order valence-corrected chi connectivity index (χ1v) is 3.83. The van der Waals surface area contributed by atoms with Gasteiger partial charge in [0.25, 0.3) is 0 Å². The van der Waals surface area contributed by atoms with Crippen LogP contribution >= 0.6 is 0 Å². The molecule has 68 valence electrons. The fraction of sp³-hybridized carbons (Fsp3) is 0.100. The van der Waals surface area contributed by atoms with Crippen molar-refractivity contribution >= 4 is 5.97 Å². The molecule has 0 aliphatic rings. The number of rotatable bonds is 4. The Hall–Kier alpha value is -1.77. The first kappa shape index (κ1) is 9.32. The van der Waals surface area contributed by atoms with Crippen LogP contribution in [0.4, 0.5) is 0 Å². The van der Waals surface area contributed by atoms with Crippen LogP contribution in [0.3, 0.4) is 0 Å². The number of esters is 1. The number of carbonyl (C=O) groups excluding carboxylic acids is 1. The van der Waals surface area contributed by atoms with Crippen LogP contribution in [0.2, 0.25) is 0 Å². The van der Waals surface area contributed by atoms with E-state index in [1.807, 2.05) is 6.07 Å². The van der Waals surface area contributed by atoms with Gasteiger partial charge in [-0.1, -0.05) is 6.58 Å². The van der Waals surface area contributed by atoms with E-state index < -0.39 is 5.97 Å². The fourth-order valence-corrected chi connectivity index (χ4v) is 0.756. The van der Waals surface area contributed by atoms with Crippen molar-refractivity contribution in [1.82, 2.24) is 0 Å². The Kier molecular flexibility index (Phi) is 3.57. The van der Waals surface area contributed by atoms with Gasteiger partial charge in [-0.3, -0.25) is 0 Å². The minimum atomic E-state index is -0.462. The first-order valence-electron chi connectivity index (χ1n) is 3.83. The second-order valence-corrected chi connectivity index (χ2v) is 2.30. The Balaban J connectivity index is 2.26. The van der Waals surface area contributed by atoms with E-state index in [0.29, 0.717) is 6.42 Å². The highest BCUT2D eigenvalue weighted by Crippen LogP contribution is 2.01. The number of allylic oxidation sites excluding steroid dienone is 1. The van der Waals surface area contributed by atoms with Crippen molar-refractivity contribution in [2.45, 2.75) is 6.42 Å². The third-order valence-corrected chi connectivity index (χ3v) is 1.35. The van der Waals surface area contributed by atoms with Crippen LogP contribution in [0, 0.1) is 0 Å². The smallest absolute Gasteiger partial charge is 0.334 e. The normalized spacial score (nSPS) is 10.2. The quantitative estimate of drug-likeness (QED) is 0.402. The average Bonchev–Trinajstić information content (AvgIpc) is 2.64. The molecule has 0 aliphatic carbocycles. The van der Waals surface area contributed by atoms with Crippen LogP contribution in [0.5, 0.6) is 0 Å². The molecule has 0 saturated heterocycles. The van der Waals surface area contributed by atoms with E-state index in [-0.39, 0.29) is 0 Å². The van der Waals surface area contributed by atoms with Crippen molar-refractivity contribution in [1.29, 1.82) is 0 Å². The zero-order valence-corrected chi connectivity index (χ0v) is 7.10. The maximum Gasteiger partial charge on any atom is 0.334 e. The zero-order valence-electron chi connectivity index (χ0n) is 7.10. The van der Waals surface area contributed by atoms with Crippen molar-refractivity contribution in [2.75, 3.05) is 0 Å². The van der Waals surface area contributed by atoms with E-state index in [1.165, 1.54) is 6.26 Å². The van der Waals surface area contributed by atoms with Gasteiger partial charge in [0.15, 0.2) is 0 Å². The van der Waals surface area contributed by atoms with Crippen molar-refractivity contribution in [3.05, 3.63) is 49.1 Å². The number of carbonyl (C=O) groups is 1. The van der Waals surface area contributed by atoms with E-state index in [0.717, 1.165) is 11.8 Å². The van der Waals surface area contributed by atoms with Gasteiger partial charge >= 0.3 is 5.97 Å². The first-order chi connectivity index (χ1) is 6.33. The molecule has 0 fully saturated rings. The number of hydrogen-bond acceptors (Lipinski definition) is 3. The van der Waals surface area contributed by atoms with Gasteiger partial charge in [-0.15, -0.1) is 0 Å². The lowest BCUT2D eigenvalue weighted by molar-refractivity contribution is -0.132. The maximum absolute atomic E-state index is 10.6. The molecule has 0 spiro atoms. The van der Waals surface area contributed by atoms with Gasteiger partial charge in [0.2, 0.25) is 0 Å². The average molecular weight is 178 g/mol. The number of furan rings is 1. The predicted octanol–water partition coefficient (Wildman–Crippen LogP) is 2.06. The third-order valence-electron chi connectivity index (χ3n) is 1.35. The van der Waals surface area contributed by atoms with E-state index in [1.54, 1.807) is 18.4 Å². The van der Waals surface area contributed by atoms with Gasteiger partial charge in [0, 0.05) is 12.5 Å². The van der Waals surface area contributed by atoms with Gasteiger partial charge in [-0.05, 0) is 18.2 Å². The highest BCUT2D eigenvalue weighted by molar-refractivity contribution is 5.81. The van der Waals surface area contributed by atoms with E-state index in [4.69, 9.17) is 4.42 Å². The summed E-state index contributed by atoms with van der Waals surface area (Å²) < 4.78 is 9.67. The van der Waals surface area contributed by atoms with E-state index >= 15 is 0 Å². The van der Waals surface area contributed by atoms with Crippen LogP contribution < -0.4 is 0 Å². The molecule has 0 aliphatic heterocycles. The summed E-state index contributed by atoms with van der Waals surface area (Å²) in [6, 6.07) is 3.65. The SMILES string of the molecule is C=CC(=O)O/C=C/Cc1ccco1. The summed E-state index contributed by atoms with van der Waals surface area (Å²) in [7, 11) is 0. The second-order valence-electron chi connectivity index (χ2n) is 2.30. The molecule has 1 heterocycles. The minimum absolute atomic E-state index is 0.462. The standard InChI is InChI=1S/C10H10O3/c1-2-10(11)13-8-4-6-9-5-3-7-12-9/h2-5,7-8H,1,6H2/b8-4+. The van der Waals surface area contributed by atoms with Gasteiger partial charge in [-0.2, -0.15) is 0 Å². The number of hydrogen-bond donors (Lipinski definition) is 0. The Morgan fingerprint density at radius 3 is 3.15 bits per heavy atom. The molecule has 0 amide bonds. The molecule has 1 aromatic rings. The summed E-state index contributed by atoms with van der Waals surface area (Å²) in [5, 5.41) is 0. The molecular weight excluding hydrogens is 168 g/mol. The Morgan fingerprint density at radius 1 is 1.69 bits per heavy atom. The Labute approximate surface area is 76.3 Å². The summed E-state index contributed by atoms with van der Waals surface area (Å²) in [5.74, 6) is 0.363. The lowest BCUT2D eigenvalue weighted by atomic mass is 10.3. The molecule has 13 heavy (non-hydrogen) atoms. The van der Waals surface area contributed by atoms with E-state index in [2.05, 4.69) is 11.3 Å². The fourth-order valence-electron chi connectivity index (χ4n) is 0.756. The molecule has 0 atom stereocenters. The summed E-state index contributed by atoms with van der Waals surface area (Å²) in [6.07, 6.45) is 6.33. The molecule has 1 aromatic heterocycles. The third kappa shape index (κ3) is 3.42. The van der Waals surface area contributed by atoms with Crippen LogP contribution in [-0.4, -0.2) is 5.97 Å². The molecular formula is C10H10O3. The van der Waals surface area contributed by atoms with Crippen LogP contribution in [0.25, 0.3) is 0 Å². The molecule has 1 rings (SSSR count). The molecule has 3 heteroatoms. The highest BCUT2D eigenvalue weighted by Gasteiger charge is 1.91. The van der Waals surface area contributed by atoms with Gasteiger partial charge in [0.1, 0.15) is 5.76 Å². The summed E-state index contributed by atoms with van der Waals surface area (Å²) >= 11 is 0. The van der Waals surface area contributed by atoms with Crippen LogP contribution in [0.1, 0.15) is 5.76 Å². The van der Waals surface area contributed by atoms with Gasteiger partial charge < -0.3 is 9.15 Å². The van der Waals surface area contributed by atoms with Crippen molar-refractivity contribution < 1.29 is 13.9 Å². The highest BCUT2D eigenvalue weighted by atomic mass is 16.5. The lowest BCUT2D eigenvalue weighted by Crippen LogP contribution is -1.91. The Morgan fingerprint density at radius 2 is 2.54 bits per heavy atom. The lowest BCUT2D eigenvalue weighted by Gasteiger charge is -1.90. The molecule has 0 unspecified atom stereocenters. The summed E-state index contributed by atoms with van der Waals surface area (Å²) in [5.41, 5.74) is 0. The maximum atomic E-state index is 10.6. The summed E-state index contributed by atoms with van der Waals surface area (Å²) in [4.78, 5) is 10.6. The van der Waals surface area contributed by atoms with Crippen molar-refractivity contribution in [2.24, 2.45) is 0 Å². The zero-order chi connectivity index (χ0) is 9.52.